The topological polar surface area (TPSA) is 46.6 Å². The van der Waals surface area contributed by atoms with Gasteiger partial charge >= 0.3 is 5.97 Å². The SMILES string of the molecule is CCc1ccc([C@H]2CC(=O)N(c3ccc(F)cc3)C3=C2C(=O)OC3)cc1. The molecular weight excluding hydrogens is 333 g/mol. The Hall–Kier alpha value is -2.95. The zero-order chi connectivity index (χ0) is 18.3. The van der Waals surface area contributed by atoms with Crippen LogP contribution in [0.5, 0.6) is 0 Å². The molecule has 0 bridgehead atoms. The molecule has 0 unspecified atom stereocenters. The van der Waals surface area contributed by atoms with Crippen LogP contribution in [0.25, 0.3) is 0 Å². The fourth-order valence-electron chi connectivity index (χ4n) is 3.61. The predicted molar refractivity (Wildman–Crippen MR) is 95.0 cm³/mol. The summed E-state index contributed by atoms with van der Waals surface area (Å²) < 4.78 is 18.5. The molecule has 4 nitrogen and oxygen atoms in total. The maximum absolute atomic E-state index is 13.2. The number of ether oxygens (including phenoxy) is 1. The molecular formula is C21H18FNO3. The van der Waals surface area contributed by atoms with E-state index in [0.29, 0.717) is 17.0 Å². The first-order valence-electron chi connectivity index (χ1n) is 8.66. The third kappa shape index (κ3) is 2.69. The Balaban J connectivity index is 1.78. The molecule has 132 valence electrons. The molecule has 1 amide bonds. The minimum atomic E-state index is -0.385. The lowest BCUT2D eigenvalue weighted by Crippen LogP contribution is -2.37. The Morgan fingerprint density at radius 1 is 1.08 bits per heavy atom. The lowest BCUT2D eigenvalue weighted by atomic mass is 9.83. The normalized spacial score (nSPS) is 19.6. The van der Waals surface area contributed by atoms with Crippen molar-refractivity contribution in [2.24, 2.45) is 0 Å². The zero-order valence-corrected chi connectivity index (χ0v) is 14.4. The molecule has 0 saturated heterocycles. The highest BCUT2D eigenvalue weighted by Crippen LogP contribution is 2.41. The average molecular weight is 351 g/mol. The summed E-state index contributed by atoms with van der Waals surface area (Å²) in [5.41, 5.74) is 3.76. The number of hydrogen-bond acceptors (Lipinski definition) is 3. The van der Waals surface area contributed by atoms with Crippen LogP contribution in [-0.2, 0) is 20.7 Å². The van der Waals surface area contributed by atoms with E-state index in [4.69, 9.17) is 4.74 Å². The predicted octanol–water partition coefficient (Wildman–Crippen LogP) is 3.72. The lowest BCUT2D eigenvalue weighted by molar-refractivity contribution is -0.136. The molecule has 0 radical (unpaired) electrons. The van der Waals surface area contributed by atoms with Crippen molar-refractivity contribution in [2.45, 2.75) is 25.7 Å². The number of halogens is 1. The van der Waals surface area contributed by atoms with E-state index in [0.717, 1.165) is 12.0 Å². The van der Waals surface area contributed by atoms with Gasteiger partial charge in [0.2, 0.25) is 5.91 Å². The Morgan fingerprint density at radius 3 is 2.42 bits per heavy atom. The number of carbonyl (C=O) groups is 2. The molecule has 2 heterocycles. The maximum atomic E-state index is 13.2. The lowest BCUT2D eigenvalue weighted by Gasteiger charge is -2.31. The van der Waals surface area contributed by atoms with Crippen LogP contribution in [0.15, 0.2) is 59.8 Å². The minimum Gasteiger partial charge on any atom is -0.456 e. The van der Waals surface area contributed by atoms with Gasteiger partial charge in [-0.15, -0.1) is 0 Å². The van der Waals surface area contributed by atoms with Crippen LogP contribution in [0.4, 0.5) is 10.1 Å². The fraction of sp³-hybridized carbons (Fsp3) is 0.238. The Labute approximate surface area is 150 Å². The van der Waals surface area contributed by atoms with Gasteiger partial charge in [0, 0.05) is 18.0 Å². The van der Waals surface area contributed by atoms with Crippen molar-refractivity contribution in [3.63, 3.8) is 0 Å². The molecule has 1 atom stereocenters. The van der Waals surface area contributed by atoms with E-state index in [1.807, 2.05) is 24.3 Å². The second-order valence-corrected chi connectivity index (χ2v) is 6.49. The number of hydrogen-bond donors (Lipinski definition) is 0. The number of nitrogens with zero attached hydrogens (tertiary/aromatic N) is 1. The summed E-state index contributed by atoms with van der Waals surface area (Å²) in [5.74, 6) is -1.20. The first-order chi connectivity index (χ1) is 12.6. The second kappa shape index (κ2) is 6.41. The first kappa shape index (κ1) is 16.5. The molecule has 2 aliphatic rings. The van der Waals surface area contributed by atoms with E-state index in [1.54, 1.807) is 0 Å². The quantitative estimate of drug-likeness (QED) is 0.792. The highest BCUT2D eigenvalue weighted by atomic mass is 19.1. The summed E-state index contributed by atoms with van der Waals surface area (Å²) in [6, 6.07) is 13.7. The van der Waals surface area contributed by atoms with E-state index >= 15 is 0 Å². The third-order valence-electron chi connectivity index (χ3n) is 4.99. The van der Waals surface area contributed by atoms with Gasteiger partial charge in [-0.1, -0.05) is 31.2 Å². The van der Waals surface area contributed by atoms with Crippen molar-refractivity contribution < 1.29 is 18.7 Å². The highest BCUT2D eigenvalue weighted by molar-refractivity contribution is 6.06. The van der Waals surface area contributed by atoms with Crippen LogP contribution in [-0.4, -0.2) is 18.5 Å². The van der Waals surface area contributed by atoms with Gasteiger partial charge in [0.1, 0.15) is 12.4 Å². The number of cyclic esters (lactones) is 1. The minimum absolute atomic E-state index is 0.0564. The van der Waals surface area contributed by atoms with Gasteiger partial charge in [-0.05, 0) is 41.8 Å². The molecule has 0 saturated carbocycles. The molecule has 2 aromatic rings. The Kier molecular flexibility index (Phi) is 4.07. The second-order valence-electron chi connectivity index (χ2n) is 6.49. The van der Waals surface area contributed by atoms with Gasteiger partial charge in [0.05, 0.1) is 11.3 Å². The van der Waals surface area contributed by atoms with E-state index in [2.05, 4.69) is 6.92 Å². The number of aryl methyl sites for hydroxylation is 1. The number of amides is 1. The van der Waals surface area contributed by atoms with Gasteiger partial charge in [0.25, 0.3) is 0 Å². The molecule has 4 rings (SSSR count). The van der Waals surface area contributed by atoms with Crippen LogP contribution < -0.4 is 4.90 Å². The van der Waals surface area contributed by atoms with Gasteiger partial charge in [0.15, 0.2) is 0 Å². The monoisotopic (exact) mass is 351 g/mol. The van der Waals surface area contributed by atoms with E-state index in [1.165, 1.54) is 34.7 Å². The van der Waals surface area contributed by atoms with Crippen LogP contribution in [0, 0.1) is 5.82 Å². The largest absolute Gasteiger partial charge is 0.456 e. The Bertz CT molecular complexity index is 900. The van der Waals surface area contributed by atoms with Gasteiger partial charge in [-0.3, -0.25) is 9.69 Å². The number of anilines is 1. The van der Waals surface area contributed by atoms with Crippen molar-refractivity contribution in [1.82, 2.24) is 0 Å². The zero-order valence-electron chi connectivity index (χ0n) is 14.4. The number of rotatable bonds is 3. The summed E-state index contributed by atoms with van der Waals surface area (Å²) in [6.07, 6.45) is 1.11. The Morgan fingerprint density at radius 2 is 1.77 bits per heavy atom. The van der Waals surface area contributed by atoms with Gasteiger partial charge in [-0.25, -0.2) is 9.18 Å². The molecule has 2 aromatic carbocycles. The van der Waals surface area contributed by atoms with E-state index in [-0.39, 0.29) is 36.6 Å². The summed E-state index contributed by atoms with van der Waals surface area (Å²) in [5, 5.41) is 0. The standard InChI is InChI=1S/C21H18FNO3/c1-2-13-3-5-14(6-4-13)17-11-19(24)23(16-9-7-15(22)8-10-16)18-12-26-21(25)20(17)18/h3-10,17H,2,11-12H2,1H3/t17-/m1/s1. The van der Waals surface area contributed by atoms with Gasteiger partial charge in [-0.2, -0.15) is 0 Å². The van der Waals surface area contributed by atoms with Crippen molar-refractivity contribution in [3.8, 4) is 0 Å². The van der Waals surface area contributed by atoms with Crippen molar-refractivity contribution in [3.05, 3.63) is 76.7 Å². The van der Waals surface area contributed by atoms with Crippen molar-refractivity contribution >= 4 is 17.6 Å². The van der Waals surface area contributed by atoms with Crippen LogP contribution in [0.2, 0.25) is 0 Å². The highest BCUT2D eigenvalue weighted by Gasteiger charge is 2.42. The maximum Gasteiger partial charge on any atom is 0.336 e. The molecule has 2 aliphatic heterocycles. The third-order valence-corrected chi connectivity index (χ3v) is 4.99. The van der Waals surface area contributed by atoms with E-state index in [9.17, 15) is 14.0 Å². The van der Waals surface area contributed by atoms with E-state index < -0.39 is 0 Å². The summed E-state index contributed by atoms with van der Waals surface area (Å²) in [6.45, 7) is 2.13. The molecule has 0 aromatic heterocycles. The first-order valence-corrected chi connectivity index (χ1v) is 8.66. The average Bonchev–Trinajstić information content (AvgIpc) is 3.04. The van der Waals surface area contributed by atoms with Crippen LogP contribution in [0.1, 0.15) is 30.4 Å². The van der Waals surface area contributed by atoms with Crippen molar-refractivity contribution in [2.75, 3.05) is 11.5 Å². The molecule has 0 aliphatic carbocycles. The smallest absolute Gasteiger partial charge is 0.336 e. The molecule has 0 spiro atoms. The summed E-state index contributed by atoms with van der Waals surface area (Å²) in [4.78, 5) is 26.7. The molecule has 0 N–H and O–H groups in total. The number of esters is 1. The molecule has 0 fully saturated rings. The van der Waals surface area contributed by atoms with Crippen LogP contribution >= 0.6 is 0 Å². The molecule has 26 heavy (non-hydrogen) atoms. The molecule has 5 heteroatoms. The van der Waals surface area contributed by atoms with Crippen molar-refractivity contribution in [1.29, 1.82) is 0 Å². The fourth-order valence-corrected chi connectivity index (χ4v) is 3.61. The van der Waals surface area contributed by atoms with Gasteiger partial charge < -0.3 is 4.74 Å². The number of carbonyl (C=O) groups excluding carboxylic acids is 2. The summed E-state index contributed by atoms with van der Waals surface area (Å²) >= 11 is 0. The van der Waals surface area contributed by atoms with Crippen LogP contribution in [0.3, 0.4) is 0 Å². The summed E-state index contributed by atoms with van der Waals surface area (Å²) in [7, 11) is 0. The number of benzene rings is 2.